The molecular weight excluding hydrogens is 478 g/mol. The molecule has 0 atom stereocenters. The van der Waals surface area contributed by atoms with Crippen LogP contribution in [0.4, 0.5) is 5.82 Å². The van der Waals surface area contributed by atoms with Crippen molar-refractivity contribution in [3.8, 4) is 11.6 Å². The Hall–Kier alpha value is -5.31. The predicted octanol–water partition coefficient (Wildman–Crippen LogP) is 4.37. The van der Waals surface area contributed by atoms with Crippen molar-refractivity contribution in [2.24, 2.45) is 0 Å². The number of hydrogen-bond acceptors (Lipinski definition) is 5. The number of fused-ring (bicyclic) bond motifs is 1. The van der Waals surface area contributed by atoms with E-state index in [1.165, 1.54) is 10.9 Å². The summed E-state index contributed by atoms with van der Waals surface area (Å²) in [5.41, 5.74) is 3.16. The van der Waals surface area contributed by atoms with Gasteiger partial charge in [-0.15, -0.1) is 0 Å². The number of H-pyrrole nitrogens is 1. The van der Waals surface area contributed by atoms with E-state index in [0.29, 0.717) is 22.5 Å². The van der Waals surface area contributed by atoms with E-state index in [2.05, 4.69) is 25.5 Å². The van der Waals surface area contributed by atoms with Crippen LogP contribution >= 0.6 is 0 Å². The first-order valence-electron chi connectivity index (χ1n) is 12.1. The largest absolute Gasteiger partial charge is 0.310 e. The van der Waals surface area contributed by atoms with Crippen molar-refractivity contribution in [3.63, 3.8) is 0 Å². The van der Waals surface area contributed by atoms with Gasteiger partial charge in [-0.25, -0.2) is 4.68 Å². The van der Waals surface area contributed by atoms with Gasteiger partial charge in [-0.05, 0) is 30.2 Å². The Balaban J connectivity index is 1.41. The molecule has 186 valence electrons. The van der Waals surface area contributed by atoms with E-state index >= 15 is 0 Å². The van der Waals surface area contributed by atoms with Gasteiger partial charge in [0.25, 0.3) is 5.56 Å². The molecule has 0 saturated heterocycles. The fourth-order valence-electron chi connectivity index (χ4n) is 4.50. The van der Waals surface area contributed by atoms with Crippen LogP contribution in [0.5, 0.6) is 0 Å². The van der Waals surface area contributed by atoms with Gasteiger partial charge in [0, 0.05) is 6.07 Å². The summed E-state index contributed by atoms with van der Waals surface area (Å²) in [7, 11) is 0. The monoisotopic (exact) mass is 501 g/mol. The van der Waals surface area contributed by atoms with Gasteiger partial charge in [0.1, 0.15) is 11.2 Å². The van der Waals surface area contributed by atoms with Gasteiger partial charge in [0.15, 0.2) is 5.65 Å². The fourth-order valence-corrected chi connectivity index (χ4v) is 4.50. The Morgan fingerprint density at radius 2 is 1.47 bits per heavy atom. The molecule has 0 saturated carbocycles. The number of amides is 1. The number of nitrogens with zero attached hydrogens (tertiary/aromatic N) is 5. The lowest BCUT2D eigenvalue weighted by Crippen LogP contribution is -2.24. The Labute approximate surface area is 217 Å². The van der Waals surface area contributed by atoms with Gasteiger partial charge in [0.2, 0.25) is 11.9 Å². The summed E-state index contributed by atoms with van der Waals surface area (Å²) in [6.45, 7) is 1.81. The van der Waals surface area contributed by atoms with Crippen LogP contribution in [0.1, 0.15) is 22.7 Å². The molecule has 0 aliphatic heterocycles. The molecule has 0 bridgehead atoms. The first kappa shape index (κ1) is 23.1. The number of benzene rings is 3. The van der Waals surface area contributed by atoms with Crippen LogP contribution in [-0.2, 0) is 4.79 Å². The quantitative estimate of drug-likeness (QED) is 0.352. The van der Waals surface area contributed by atoms with E-state index in [1.807, 2.05) is 97.9 Å². The fraction of sp³-hybridized carbons (Fsp3) is 0.0690. The Bertz CT molecular complexity index is 1750. The van der Waals surface area contributed by atoms with Crippen LogP contribution in [0, 0.1) is 6.92 Å². The van der Waals surface area contributed by atoms with Crippen LogP contribution in [0.3, 0.4) is 0 Å². The standard InChI is InChI=1S/C29H23N7O2/c1-19-17-24(31-28(38)25(20-11-5-2-6-12-20)21-13-7-3-8-14-21)36(34-19)29-32-26-23(27(37)33-29)18-30-35(26)22-15-9-4-10-16-22/h2-18,25H,1H3,(H,31,38)(H,32,33,37). The summed E-state index contributed by atoms with van der Waals surface area (Å²) < 4.78 is 3.03. The second kappa shape index (κ2) is 9.62. The highest BCUT2D eigenvalue weighted by Gasteiger charge is 2.25. The lowest BCUT2D eigenvalue weighted by atomic mass is 9.90. The second-order valence-electron chi connectivity index (χ2n) is 8.85. The lowest BCUT2D eigenvalue weighted by molar-refractivity contribution is -0.116. The number of aromatic amines is 1. The summed E-state index contributed by atoms with van der Waals surface area (Å²) in [6.07, 6.45) is 1.49. The van der Waals surface area contributed by atoms with Crippen molar-refractivity contribution in [2.75, 3.05) is 5.32 Å². The number of carbonyl (C=O) groups is 1. The van der Waals surface area contributed by atoms with E-state index < -0.39 is 5.92 Å². The third-order valence-electron chi connectivity index (χ3n) is 6.24. The maximum Gasteiger partial charge on any atom is 0.263 e. The zero-order valence-corrected chi connectivity index (χ0v) is 20.4. The van der Waals surface area contributed by atoms with Crippen molar-refractivity contribution < 1.29 is 4.79 Å². The highest BCUT2D eigenvalue weighted by Crippen LogP contribution is 2.27. The Kier molecular flexibility index (Phi) is 5.85. The zero-order chi connectivity index (χ0) is 26.1. The van der Waals surface area contributed by atoms with Crippen LogP contribution < -0.4 is 10.9 Å². The maximum absolute atomic E-state index is 13.7. The average Bonchev–Trinajstić information content (AvgIpc) is 3.54. The molecule has 1 amide bonds. The summed E-state index contributed by atoms with van der Waals surface area (Å²) >= 11 is 0. The van der Waals surface area contributed by atoms with E-state index in [0.717, 1.165) is 16.8 Å². The molecule has 3 heterocycles. The van der Waals surface area contributed by atoms with E-state index in [4.69, 9.17) is 0 Å². The molecule has 3 aromatic heterocycles. The number of aromatic nitrogens is 6. The number of anilines is 1. The van der Waals surface area contributed by atoms with Gasteiger partial charge in [-0.2, -0.15) is 19.9 Å². The Morgan fingerprint density at radius 1 is 0.868 bits per heavy atom. The van der Waals surface area contributed by atoms with E-state index in [1.54, 1.807) is 10.7 Å². The highest BCUT2D eigenvalue weighted by atomic mass is 16.2. The molecule has 0 unspecified atom stereocenters. The van der Waals surface area contributed by atoms with Crippen molar-refractivity contribution in [3.05, 3.63) is 130 Å². The summed E-state index contributed by atoms with van der Waals surface area (Å²) in [5, 5.41) is 12.2. The number of rotatable bonds is 6. The van der Waals surface area contributed by atoms with Crippen LogP contribution in [0.25, 0.3) is 22.7 Å². The van der Waals surface area contributed by atoms with E-state index in [-0.39, 0.29) is 17.4 Å². The van der Waals surface area contributed by atoms with Gasteiger partial charge in [-0.3, -0.25) is 14.6 Å². The van der Waals surface area contributed by atoms with E-state index in [9.17, 15) is 9.59 Å². The minimum absolute atomic E-state index is 0.166. The molecule has 0 fully saturated rings. The molecule has 0 spiro atoms. The Morgan fingerprint density at radius 3 is 2.11 bits per heavy atom. The molecule has 6 rings (SSSR count). The minimum atomic E-state index is -0.546. The lowest BCUT2D eigenvalue weighted by Gasteiger charge is -2.18. The highest BCUT2D eigenvalue weighted by molar-refractivity contribution is 5.97. The first-order valence-corrected chi connectivity index (χ1v) is 12.1. The van der Waals surface area contributed by atoms with Gasteiger partial charge in [0.05, 0.1) is 23.5 Å². The summed E-state index contributed by atoms with van der Waals surface area (Å²) in [4.78, 5) is 34.1. The van der Waals surface area contributed by atoms with Crippen LogP contribution in [-0.4, -0.2) is 35.4 Å². The minimum Gasteiger partial charge on any atom is -0.310 e. The average molecular weight is 502 g/mol. The third kappa shape index (κ3) is 4.26. The van der Waals surface area contributed by atoms with Gasteiger partial charge in [-0.1, -0.05) is 78.9 Å². The molecule has 0 radical (unpaired) electrons. The topological polar surface area (TPSA) is 110 Å². The van der Waals surface area contributed by atoms with Crippen molar-refractivity contribution in [1.29, 1.82) is 0 Å². The molecule has 9 nitrogen and oxygen atoms in total. The van der Waals surface area contributed by atoms with Gasteiger partial charge < -0.3 is 5.32 Å². The van der Waals surface area contributed by atoms with Gasteiger partial charge >= 0.3 is 0 Å². The molecule has 0 aliphatic rings. The molecule has 0 aliphatic carbocycles. The summed E-state index contributed by atoms with van der Waals surface area (Å²) in [6, 6.07) is 30.4. The van der Waals surface area contributed by atoms with Crippen molar-refractivity contribution >= 4 is 22.8 Å². The number of carbonyl (C=O) groups excluding carboxylic acids is 1. The number of para-hydroxylation sites is 1. The number of aryl methyl sites for hydroxylation is 1. The smallest absolute Gasteiger partial charge is 0.263 e. The van der Waals surface area contributed by atoms with Crippen LogP contribution in [0.2, 0.25) is 0 Å². The second-order valence-corrected chi connectivity index (χ2v) is 8.85. The normalized spacial score (nSPS) is 11.2. The molecule has 3 aromatic carbocycles. The SMILES string of the molecule is Cc1cc(NC(=O)C(c2ccccc2)c2ccccc2)n(-c2nc3c(cnn3-c3ccccc3)c(=O)[nH]2)n1. The predicted molar refractivity (Wildman–Crippen MR) is 145 cm³/mol. The molecule has 6 aromatic rings. The molecule has 2 N–H and O–H groups in total. The number of nitrogens with one attached hydrogen (secondary N) is 2. The van der Waals surface area contributed by atoms with Crippen molar-refractivity contribution in [2.45, 2.75) is 12.8 Å². The molecule has 38 heavy (non-hydrogen) atoms. The van der Waals surface area contributed by atoms with Crippen molar-refractivity contribution in [1.82, 2.24) is 29.5 Å². The number of hydrogen-bond donors (Lipinski definition) is 2. The summed E-state index contributed by atoms with van der Waals surface area (Å²) in [5.74, 6) is -0.228. The third-order valence-corrected chi connectivity index (χ3v) is 6.24. The van der Waals surface area contributed by atoms with Crippen LogP contribution in [0.15, 0.2) is 108 Å². The molecular formula is C29H23N7O2. The zero-order valence-electron chi connectivity index (χ0n) is 20.4. The molecule has 9 heteroatoms. The maximum atomic E-state index is 13.7. The first-order chi connectivity index (χ1) is 18.6.